The number of carbonyl (C=O) groups excluding carboxylic acids is 2. The lowest BCUT2D eigenvalue weighted by Crippen LogP contribution is -2.32. The van der Waals surface area contributed by atoms with Gasteiger partial charge in [0.2, 0.25) is 0 Å². The highest BCUT2D eigenvalue weighted by atomic mass is 16.5. The number of likely N-dealkylation sites (tertiary alicyclic amines) is 1. The van der Waals surface area contributed by atoms with Crippen LogP contribution in [0.4, 0.5) is 0 Å². The average Bonchev–Trinajstić information content (AvgIpc) is 3.10. The van der Waals surface area contributed by atoms with Gasteiger partial charge < -0.3 is 29.5 Å². The Kier molecular flexibility index (Phi) is 9.58. The molecule has 1 fully saturated rings. The zero-order valence-corrected chi connectivity index (χ0v) is 22.4. The highest BCUT2D eigenvalue weighted by Gasteiger charge is 2.46. The lowest BCUT2D eigenvalue weighted by atomic mass is 9.93. The molecule has 2 aromatic rings. The second-order valence-corrected chi connectivity index (χ2v) is 9.49. The standard InChI is InChI=1S/C29H38N2O6/c1-6-8-16-37-21-11-12-22(19(3)17-21)27(33)25-26(20-10-13-23(32)24(18-20)36-7-2)31(29(35)28(25)34)15-9-14-30(4)5/h10-13,17-18,26,32-33H,6-9,14-16H2,1-5H3. The second kappa shape index (κ2) is 12.6. The fourth-order valence-corrected chi connectivity index (χ4v) is 4.46. The first kappa shape index (κ1) is 28.1. The molecule has 0 bridgehead atoms. The van der Waals surface area contributed by atoms with Crippen LogP contribution in [0, 0.1) is 6.92 Å². The fraction of sp³-hybridized carbons (Fsp3) is 0.448. The summed E-state index contributed by atoms with van der Waals surface area (Å²) in [4.78, 5) is 30.0. The largest absolute Gasteiger partial charge is 0.507 e. The summed E-state index contributed by atoms with van der Waals surface area (Å²) in [5, 5.41) is 21.7. The van der Waals surface area contributed by atoms with Gasteiger partial charge in [-0.3, -0.25) is 9.59 Å². The Morgan fingerprint density at radius 1 is 1.05 bits per heavy atom. The summed E-state index contributed by atoms with van der Waals surface area (Å²) in [6.07, 6.45) is 2.61. The van der Waals surface area contributed by atoms with E-state index in [1.807, 2.05) is 32.0 Å². The summed E-state index contributed by atoms with van der Waals surface area (Å²) < 4.78 is 11.3. The predicted octanol–water partition coefficient (Wildman–Crippen LogP) is 4.65. The summed E-state index contributed by atoms with van der Waals surface area (Å²) in [6.45, 7) is 7.73. The number of Topliss-reactive ketones (excluding diaryl/α,β-unsaturated/α-hetero) is 1. The average molecular weight is 511 g/mol. The number of nitrogens with zero attached hydrogens (tertiary/aromatic N) is 2. The van der Waals surface area contributed by atoms with Gasteiger partial charge in [-0.15, -0.1) is 0 Å². The molecule has 1 amide bonds. The number of phenols is 1. The van der Waals surface area contributed by atoms with Crippen molar-refractivity contribution < 1.29 is 29.3 Å². The molecule has 0 aromatic heterocycles. The Morgan fingerprint density at radius 2 is 1.81 bits per heavy atom. The molecule has 3 rings (SSSR count). The lowest BCUT2D eigenvalue weighted by Gasteiger charge is -2.26. The van der Waals surface area contributed by atoms with Gasteiger partial charge in [-0.25, -0.2) is 0 Å². The van der Waals surface area contributed by atoms with Crippen LogP contribution in [0.25, 0.3) is 5.76 Å². The topological polar surface area (TPSA) is 99.5 Å². The first-order chi connectivity index (χ1) is 17.7. The third-order valence-electron chi connectivity index (χ3n) is 6.36. The quantitative estimate of drug-likeness (QED) is 0.186. The van der Waals surface area contributed by atoms with Gasteiger partial charge in [0.25, 0.3) is 11.7 Å². The molecule has 1 unspecified atom stereocenters. The monoisotopic (exact) mass is 510 g/mol. The predicted molar refractivity (Wildman–Crippen MR) is 143 cm³/mol. The molecule has 2 aromatic carbocycles. The summed E-state index contributed by atoms with van der Waals surface area (Å²) in [7, 11) is 3.89. The van der Waals surface area contributed by atoms with Crippen LogP contribution in [0.3, 0.4) is 0 Å². The first-order valence-corrected chi connectivity index (χ1v) is 12.8. The number of aliphatic hydroxyl groups excluding tert-OH is 1. The summed E-state index contributed by atoms with van der Waals surface area (Å²) in [5.41, 5.74) is 1.78. The van der Waals surface area contributed by atoms with Gasteiger partial charge in [-0.05, 0) is 88.8 Å². The molecule has 1 atom stereocenters. The van der Waals surface area contributed by atoms with E-state index in [0.717, 1.165) is 24.9 Å². The maximum absolute atomic E-state index is 13.3. The highest BCUT2D eigenvalue weighted by Crippen LogP contribution is 2.42. The van der Waals surface area contributed by atoms with E-state index in [9.17, 15) is 19.8 Å². The minimum absolute atomic E-state index is 0.0192. The lowest BCUT2D eigenvalue weighted by molar-refractivity contribution is -0.139. The molecule has 8 heteroatoms. The molecule has 200 valence electrons. The second-order valence-electron chi connectivity index (χ2n) is 9.49. The number of ketones is 1. The number of rotatable bonds is 12. The van der Waals surface area contributed by atoms with E-state index in [4.69, 9.17) is 9.47 Å². The van der Waals surface area contributed by atoms with Crippen molar-refractivity contribution in [2.45, 2.75) is 46.1 Å². The maximum atomic E-state index is 13.3. The Bertz CT molecular complexity index is 1160. The number of unbranched alkanes of at least 4 members (excludes halogenated alkanes) is 1. The zero-order valence-electron chi connectivity index (χ0n) is 22.4. The third-order valence-corrected chi connectivity index (χ3v) is 6.36. The van der Waals surface area contributed by atoms with Crippen LogP contribution in [-0.4, -0.2) is 72.1 Å². The number of hydrogen-bond donors (Lipinski definition) is 2. The van der Waals surface area contributed by atoms with E-state index >= 15 is 0 Å². The van der Waals surface area contributed by atoms with Crippen molar-refractivity contribution in [2.24, 2.45) is 0 Å². The number of hydrogen-bond acceptors (Lipinski definition) is 7. The van der Waals surface area contributed by atoms with Crippen molar-refractivity contribution in [2.75, 3.05) is 40.4 Å². The molecular formula is C29H38N2O6. The Morgan fingerprint density at radius 3 is 2.46 bits per heavy atom. The van der Waals surface area contributed by atoms with Crippen LogP contribution in [0.5, 0.6) is 17.2 Å². The highest BCUT2D eigenvalue weighted by molar-refractivity contribution is 6.46. The number of amides is 1. The molecule has 1 heterocycles. The molecule has 0 saturated carbocycles. The molecule has 2 N–H and O–H groups in total. The summed E-state index contributed by atoms with van der Waals surface area (Å²) in [6, 6.07) is 9.23. The Labute approximate surface area is 219 Å². The van der Waals surface area contributed by atoms with Gasteiger partial charge in [0, 0.05) is 12.1 Å². The number of aliphatic hydroxyl groups is 1. The first-order valence-electron chi connectivity index (χ1n) is 12.8. The SMILES string of the molecule is CCCCOc1ccc(C(O)=C2C(=O)C(=O)N(CCCN(C)C)C2c2ccc(O)c(OCC)c2)c(C)c1. The summed E-state index contributed by atoms with van der Waals surface area (Å²) >= 11 is 0. The number of carbonyl (C=O) groups is 2. The number of aromatic hydroxyl groups is 1. The Hall–Kier alpha value is -3.52. The van der Waals surface area contributed by atoms with Crippen LogP contribution in [-0.2, 0) is 9.59 Å². The number of aryl methyl sites for hydroxylation is 1. The maximum Gasteiger partial charge on any atom is 0.295 e. The zero-order chi connectivity index (χ0) is 27.1. The van der Waals surface area contributed by atoms with E-state index in [-0.39, 0.29) is 22.8 Å². The van der Waals surface area contributed by atoms with E-state index < -0.39 is 17.7 Å². The fourth-order valence-electron chi connectivity index (χ4n) is 4.46. The normalized spacial score (nSPS) is 17.0. The van der Waals surface area contributed by atoms with Crippen LogP contribution < -0.4 is 9.47 Å². The number of ether oxygens (including phenoxy) is 2. The number of benzene rings is 2. The minimum Gasteiger partial charge on any atom is -0.507 e. The molecule has 8 nitrogen and oxygen atoms in total. The molecule has 37 heavy (non-hydrogen) atoms. The molecule has 0 aliphatic carbocycles. The van der Waals surface area contributed by atoms with Crippen molar-refractivity contribution in [3.05, 3.63) is 58.7 Å². The van der Waals surface area contributed by atoms with Crippen LogP contribution in [0.1, 0.15) is 55.8 Å². The molecule has 1 saturated heterocycles. The van der Waals surface area contributed by atoms with E-state index in [1.165, 1.54) is 11.0 Å². The molecule has 0 radical (unpaired) electrons. The van der Waals surface area contributed by atoms with E-state index in [2.05, 4.69) is 6.92 Å². The van der Waals surface area contributed by atoms with Gasteiger partial charge in [-0.2, -0.15) is 0 Å². The minimum atomic E-state index is -0.818. The molecule has 1 aliphatic rings. The van der Waals surface area contributed by atoms with Crippen LogP contribution in [0.2, 0.25) is 0 Å². The van der Waals surface area contributed by atoms with Gasteiger partial charge >= 0.3 is 0 Å². The molecule has 1 aliphatic heterocycles. The van der Waals surface area contributed by atoms with Crippen LogP contribution in [0.15, 0.2) is 42.0 Å². The molecule has 0 spiro atoms. The van der Waals surface area contributed by atoms with E-state index in [0.29, 0.717) is 43.1 Å². The van der Waals surface area contributed by atoms with E-state index in [1.54, 1.807) is 31.2 Å². The van der Waals surface area contributed by atoms with Crippen molar-refractivity contribution in [1.29, 1.82) is 0 Å². The van der Waals surface area contributed by atoms with Crippen molar-refractivity contribution >= 4 is 17.4 Å². The summed E-state index contributed by atoms with van der Waals surface area (Å²) in [5.74, 6) is -0.729. The third kappa shape index (κ3) is 6.43. The van der Waals surface area contributed by atoms with Gasteiger partial charge in [0.05, 0.1) is 24.8 Å². The van der Waals surface area contributed by atoms with Crippen molar-refractivity contribution in [3.63, 3.8) is 0 Å². The van der Waals surface area contributed by atoms with Crippen molar-refractivity contribution in [1.82, 2.24) is 9.80 Å². The smallest absolute Gasteiger partial charge is 0.295 e. The van der Waals surface area contributed by atoms with Gasteiger partial charge in [-0.1, -0.05) is 19.4 Å². The Balaban J connectivity index is 2.09. The van der Waals surface area contributed by atoms with Gasteiger partial charge in [0.15, 0.2) is 11.5 Å². The van der Waals surface area contributed by atoms with Crippen molar-refractivity contribution in [3.8, 4) is 17.2 Å². The number of phenolic OH excluding ortho intramolecular Hbond substituents is 1. The molecular weight excluding hydrogens is 472 g/mol. The van der Waals surface area contributed by atoms with Crippen LogP contribution >= 0.6 is 0 Å². The van der Waals surface area contributed by atoms with Gasteiger partial charge in [0.1, 0.15) is 11.5 Å².